The Labute approximate surface area is 181 Å². The minimum atomic E-state index is -0.818. The summed E-state index contributed by atoms with van der Waals surface area (Å²) < 4.78 is 5.21. The maximum absolute atomic E-state index is 12.7. The third-order valence-corrected chi connectivity index (χ3v) is 5.58. The molecular formula is C23H26N4O4. The van der Waals surface area contributed by atoms with Gasteiger partial charge in [-0.2, -0.15) is 0 Å². The summed E-state index contributed by atoms with van der Waals surface area (Å²) in [5.74, 6) is 0.0188. The van der Waals surface area contributed by atoms with Gasteiger partial charge in [0.25, 0.3) is 5.91 Å². The van der Waals surface area contributed by atoms with E-state index in [1.54, 1.807) is 17.0 Å². The van der Waals surface area contributed by atoms with Gasteiger partial charge in [0.15, 0.2) is 0 Å². The van der Waals surface area contributed by atoms with Gasteiger partial charge in [0.1, 0.15) is 11.8 Å². The van der Waals surface area contributed by atoms with Crippen molar-refractivity contribution in [1.82, 2.24) is 20.0 Å². The lowest BCUT2D eigenvalue weighted by atomic mass is 10.1. The van der Waals surface area contributed by atoms with Crippen LogP contribution < -0.4 is 5.32 Å². The Morgan fingerprint density at radius 2 is 1.84 bits per heavy atom. The van der Waals surface area contributed by atoms with Crippen molar-refractivity contribution in [2.45, 2.75) is 19.0 Å². The summed E-state index contributed by atoms with van der Waals surface area (Å²) in [5, 5.41) is 2.62. The van der Waals surface area contributed by atoms with Crippen LogP contribution in [-0.4, -0.2) is 71.3 Å². The molecule has 4 rings (SSSR count). The molecule has 3 heterocycles. The first kappa shape index (κ1) is 20.9. The maximum atomic E-state index is 12.7. The highest BCUT2D eigenvalue weighted by Gasteiger charge is 2.40. The molecule has 0 unspecified atom stereocenters. The number of nitrogens with one attached hydrogen (secondary N) is 1. The molecular weight excluding hydrogens is 396 g/mol. The normalized spacial score (nSPS) is 19.9. The van der Waals surface area contributed by atoms with Gasteiger partial charge in [-0.25, -0.2) is 4.79 Å². The molecule has 0 saturated carbocycles. The molecule has 0 radical (unpaired) electrons. The molecule has 8 heteroatoms. The minimum Gasteiger partial charge on any atom is -0.467 e. The topological polar surface area (TPSA) is 86.1 Å². The van der Waals surface area contributed by atoms with Crippen LogP contribution in [0.1, 0.15) is 17.7 Å². The van der Waals surface area contributed by atoms with Crippen molar-refractivity contribution in [1.29, 1.82) is 0 Å². The summed E-state index contributed by atoms with van der Waals surface area (Å²) in [6.07, 6.45) is 5.70. The largest absolute Gasteiger partial charge is 0.467 e. The molecule has 0 bridgehead atoms. The molecule has 2 fully saturated rings. The van der Waals surface area contributed by atoms with Gasteiger partial charge in [0.05, 0.1) is 19.2 Å². The first-order chi connectivity index (χ1) is 15.1. The third-order valence-electron chi connectivity index (χ3n) is 5.58. The molecule has 162 valence electrons. The molecule has 2 aliphatic heterocycles. The molecule has 31 heavy (non-hydrogen) atoms. The third kappa shape index (κ3) is 5.21. The number of benzene rings is 1. The summed E-state index contributed by atoms with van der Waals surface area (Å²) in [6, 6.07) is 12.2. The fraction of sp³-hybridized carbons (Fsp3) is 0.348. The fourth-order valence-corrected chi connectivity index (χ4v) is 3.81. The number of hydrogen-bond acceptors (Lipinski definition) is 5. The molecule has 2 aliphatic rings. The molecule has 2 aromatic rings. The predicted molar refractivity (Wildman–Crippen MR) is 115 cm³/mol. The number of carbonyl (C=O) groups is 3. The molecule has 2 saturated heterocycles. The smallest absolute Gasteiger partial charge is 0.325 e. The molecule has 0 aliphatic carbocycles. The molecule has 4 amide bonds. The summed E-state index contributed by atoms with van der Waals surface area (Å²) in [7, 11) is 0. The van der Waals surface area contributed by atoms with E-state index < -0.39 is 12.1 Å². The summed E-state index contributed by atoms with van der Waals surface area (Å²) in [6.45, 7) is 3.68. The van der Waals surface area contributed by atoms with Crippen LogP contribution in [0.4, 0.5) is 4.79 Å². The van der Waals surface area contributed by atoms with Crippen LogP contribution in [0.5, 0.6) is 0 Å². The number of furan rings is 1. The second-order valence-electron chi connectivity index (χ2n) is 7.70. The monoisotopic (exact) mass is 422 g/mol. The van der Waals surface area contributed by atoms with Gasteiger partial charge in [0, 0.05) is 32.7 Å². The average Bonchev–Trinajstić information content (AvgIpc) is 3.39. The lowest BCUT2D eigenvalue weighted by molar-refractivity contribution is -0.137. The van der Waals surface area contributed by atoms with Crippen molar-refractivity contribution < 1.29 is 18.8 Å². The molecule has 8 nitrogen and oxygen atoms in total. The molecule has 1 N–H and O–H groups in total. The highest BCUT2D eigenvalue weighted by molar-refractivity contribution is 6.05. The van der Waals surface area contributed by atoms with Crippen molar-refractivity contribution in [2.24, 2.45) is 0 Å². The van der Waals surface area contributed by atoms with E-state index in [1.807, 2.05) is 18.2 Å². The standard InChI is InChI=1S/C23H26N4O4/c28-21(16-20-22(29)27(23(30)24-20)17-19-9-5-15-31-19)26-13-11-25(12-14-26)10-4-8-18-6-2-1-3-7-18/h1-9,15,20H,10-14,16-17H2,(H,24,30)/t20-/m0/s1. The Kier molecular flexibility index (Phi) is 6.47. The number of hydrogen-bond donors (Lipinski definition) is 1. The number of rotatable bonds is 7. The van der Waals surface area contributed by atoms with Crippen molar-refractivity contribution in [3.05, 3.63) is 66.1 Å². The second-order valence-corrected chi connectivity index (χ2v) is 7.70. The van der Waals surface area contributed by atoms with E-state index in [0.717, 1.165) is 24.5 Å². The van der Waals surface area contributed by atoms with Crippen LogP contribution in [0.15, 0.2) is 59.2 Å². The lowest BCUT2D eigenvalue weighted by Crippen LogP contribution is -2.50. The van der Waals surface area contributed by atoms with Gasteiger partial charge in [-0.3, -0.25) is 19.4 Å². The SMILES string of the molecule is O=C(C[C@@H]1NC(=O)N(Cc2ccco2)C1=O)N1CCN(CC=Cc2ccccc2)CC1. The van der Waals surface area contributed by atoms with Crippen LogP contribution in [0.3, 0.4) is 0 Å². The Hall–Kier alpha value is -3.39. The molecule has 1 atom stereocenters. The van der Waals surface area contributed by atoms with E-state index in [2.05, 4.69) is 34.5 Å². The first-order valence-corrected chi connectivity index (χ1v) is 10.5. The zero-order valence-corrected chi connectivity index (χ0v) is 17.3. The minimum absolute atomic E-state index is 0.0207. The molecule has 1 aromatic carbocycles. The van der Waals surface area contributed by atoms with Gasteiger partial charge in [0.2, 0.25) is 5.91 Å². The van der Waals surface area contributed by atoms with Crippen molar-refractivity contribution >= 4 is 23.9 Å². The lowest BCUT2D eigenvalue weighted by Gasteiger charge is -2.34. The number of nitrogens with zero attached hydrogens (tertiary/aromatic N) is 3. The van der Waals surface area contributed by atoms with Gasteiger partial charge >= 0.3 is 6.03 Å². The van der Waals surface area contributed by atoms with Gasteiger partial charge < -0.3 is 14.6 Å². The fourth-order valence-electron chi connectivity index (χ4n) is 3.81. The number of amides is 4. The average molecular weight is 422 g/mol. The van der Waals surface area contributed by atoms with Crippen LogP contribution in [0.25, 0.3) is 6.08 Å². The van der Waals surface area contributed by atoms with E-state index >= 15 is 0 Å². The van der Waals surface area contributed by atoms with Crippen LogP contribution in [0.2, 0.25) is 0 Å². The van der Waals surface area contributed by atoms with Gasteiger partial charge in [-0.05, 0) is 17.7 Å². The van der Waals surface area contributed by atoms with E-state index in [4.69, 9.17) is 4.42 Å². The van der Waals surface area contributed by atoms with Crippen LogP contribution in [-0.2, 0) is 16.1 Å². The second kappa shape index (κ2) is 9.61. The number of urea groups is 1. The zero-order chi connectivity index (χ0) is 21.6. The van der Waals surface area contributed by atoms with Crippen molar-refractivity contribution in [3.63, 3.8) is 0 Å². The Bertz CT molecular complexity index is 934. The van der Waals surface area contributed by atoms with E-state index in [-0.39, 0.29) is 24.8 Å². The van der Waals surface area contributed by atoms with Gasteiger partial charge in [-0.1, -0.05) is 42.5 Å². The Morgan fingerprint density at radius 1 is 1.06 bits per heavy atom. The summed E-state index contributed by atoms with van der Waals surface area (Å²) in [4.78, 5) is 42.5. The van der Waals surface area contributed by atoms with E-state index in [9.17, 15) is 14.4 Å². The van der Waals surface area contributed by atoms with Gasteiger partial charge in [-0.15, -0.1) is 0 Å². The highest BCUT2D eigenvalue weighted by atomic mass is 16.3. The Balaban J connectivity index is 1.22. The Morgan fingerprint density at radius 3 is 2.55 bits per heavy atom. The predicted octanol–water partition coefficient (Wildman–Crippen LogP) is 1.95. The van der Waals surface area contributed by atoms with Crippen LogP contribution >= 0.6 is 0 Å². The zero-order valence-electron chi connectivity index (χ0n) is 17.3. The first-order valence-electron chi connectivity index (χ1n) is 10.5. The molecule has 1 aromatic heterocycles. The summed E-state index contributed by atoms with van der Waals surface area (Å²) in [5.41, 5.74) is 1.17. The quantitative estimate of drug-likeness (QED) is 0.690. The maximum Gasteiger partial charge on any atom is 0.325 e. The van der Waals surface area contributed by atoms with E-state index in [1.165, 1.54) is 11.8 Å². The number of carbonyl (C=O) groups excluding carboxylic acids is 3. The number of imide groups is 1. The van der Waals surface area contributed by atoms with Crippen molar-refractivity contribution in [2.75, 3.05) is 32.7 Å². The van der Waals surface area contributed by atoms with E-state index in [0.29, 0.717) is 18.8 Å². The van der Waals surface area contributed by atoms with Crippen molar-refractivity contribution in [3.8, 4) is 0 Å². The summed E-state index contributed by atoms with van der Waals surface area (Å²) >= 11 is 0. The highest BCUT2D eigenvalue weighted by Crippen LogP contribution is 2.16. The van der Waals surface area contributed by atoms with Crippen LogP contribution in [0, 0.1) is 0 Å². The molecule has 0 spiro atoms. The number of piperazine rings is 1.